The molecule has 2 rings (SSSR count). The van der Waals surface area contributed by atoms with Gasteiger partial charge in [0.15, 0.2) is 0 Å². The zero-order valence-corrected chi connectivity index (χ0v) is 22.1. The van der Waals surface area contributed by atoms with Crippen LogP contribution in [0, 0.1) is 6.92 Å². The van der Waals surface area contributed by atoms with E-state index in [1.54, 1.807) is 13.8 Å². The molecule has 0 spiro atoms. The van der Waals surface area contributed by atoms with Gasteiger partial charge in [-0.05, 0) is 0 Å². The first-order valence-corrected chi connectivity index (χ1v) is 21.1. The third kappa shape index (κ3) is 6.77. The van der Waals surface area contributed by atoms with E-state index in [9.17, 15) is 0 Å². The van der Waals surface area contributed by atoms with Crippen molar-refractivity contribution in [1.82, 2.24) is 0 Å². The van der Waals surface area contributed by atoms with Gasteiger partial charge in [0.25, 0.3) is 0 Å². The number of ether oxygens (including phenoxy) is 2. The van der Waals surface area contributed by atoms with Crippen molar-refractivity contribution in [3.05, 3.63) is 41.5 Å². The van der Waals surface area contributed by atoms with Gasteiger partial charge in [-0.15, -0.1) is 0 Å². The first kappa shape index (κ1) is 22.7. The Morgan fingerprint density at radius 2 is 1.70 bits per heavy atom. The second-order valence-corrected chi connectivity index (χ2v) is 26.2. The molecule has 0 saturated carbocycles. The van der Waals surface area contributed by atoms with Gasteiger partial charge in [-0.2, -0.15) is 0 Å². The van der Waals surface area contributed by atoms with Gasteiger partial charge in [0.2, 0.25) is 0 Å². The molecule has 2 aromatic rings. The Morgan fingerprint density at radius 3 is 2.26 bits per heavy atom. The normalized spacial score (nSPS) is 12.4. The number of aryl methyl sites for hydroxylation is 2. The van der Waals surface area contributed by atoms with Crippen LogP contribution in [0.15, 0.2) is 30.3 Å². The molecule has 0 amide bonds. The van der Waals surface area contributed by atoms with Gasteiger partial charge in [-0.25, -0.2) is 0 Å². The molecular weight excluding hydrogens is 429 g/mol. The first-order valence-electron chi connectivity index (χ1n) is 10.0. The van der Waals surface area contributed by atoms with Crippen LogP contribution >= 0.6 is 11.3 Å². The van der Waals surface area contributed by atoms with E-state index in [0.717, 1.165) is 12.4 Å². The molecule has 0 atom stereocenters. The summed E-state index contributed by atoms with van der Waals surface area (Å²) in [6, 6.07) is 11.2. The van der Waals surface area contributed by atoms with Crippen LogP contribution in [0.25, 0.3) is 0 Å². The Kier molecular flexibility index (Phi) is 8.22. The maximum absolute atomic E-state index is 5.72. The molecule has 0 unspecified atom stereocenters. The summed E-state index contributed by atoms with van der Waals surface area (Å²) in [5.41, 5.74) is 2.96. The van der Waals surface area contributed by atoms with Crippen LogP contribution in [0.3, 0.4) is 0 Å². The predicted octanol–water partition coefficient (Wildman–Crippen LogP) is 5.18. The van der Waals surface area contributed by atoms with E-state index in [4.69, 9.17) is 9.47 Å². The Hall–Kier alpha value is -0.560. The van der Waals surface area contributed by atoms with Crippen LogP contribution in [-0.2, 0) is 11.2 Å². The van der Waals surface area contributed by atoms with Gasteiger partial charge in [0.05, 0.1) is 0 Å². The molecule has 5 heteroatoms. The topological polar surface area (TPSA) is 18.5 Å². The molecule has 1 aromatic carbocycles. The number of hydrogen-bond acceptors (Lipinski definition) is 3. The molecule has 1 heterocycles. The first-order chi connectivity index (χ1) is 12.6. The second-order valence-electron chi connectivity index (χ2n) is 8.95. The van der Waals surface area contributed by atoms with Crippen molar-refractivity contribution < 1.29 is 9.47 Å². The molecule has 0 radical (unpaired) electrons. The van der Waals surface area contributed by atoms with Crippen LogP contribution in [0.1, 0.15) is 18.1 Å². The van der Waals surface area contributed by atoms with Crippen molar-refractivity contribution in [3.8, 4) is 5.75 Å². The summed E-state index contributed by atoms with van der Waals surface area (Å²) >= 11 is 0.171. The fraction of sp³-hybridized carbons (Fsp3) is 0.545. The quantitative estimate of drug-likeness (QED) is 0.356. The van der Waals surface area contributed by atoms with Crippen LogP contribution < -0.4 is 12.9 Å². The average Bonchev–Trinajstić information content (AvgIpc) is 3.01. The number of rotatable bonds is 10. The Morgan fingerprint density at radius 1 is 1.04 bits per heavy atom. The standard InChI is InChI=1S/C22H36GeO2SSi/c1-8-24-15-16-25-20-11-9-19(10-12-20)13-14-23(3,4)21-17-18(2)22(26-21)27(5,6)7/h9-12,17H,8,13-16H2,1-7H3. The van der Waals surface area contributed by atoms with Crippen LogP contribution in [0.4, 0.5) is 0 Å². The van der Waals surface area contributed by atoms with E-state index in [2.05, 4.69) is 79.7 Å². The van der Waals surface area contributed by atoms with E-state index in [0.29, 0.717) is 13.2 Å². The van der Waals surface area contributed by atoms with E-state index < -0.39 is 21.3 Å². The Bertz CT molecular complexity index is 717. The van der Waals surface area contributed by atoms with Gasteiger partial charge >= 0.3 is 174 Å². The number of thiophene rings is 1. The summed E-state index contributed by atoms with van der Waals surface area (Å²) in [7, 11) is -1.22. The van der Waals surface area contributed by atoms with E-state index >= 15 is 0 Å². The summed E-state index contributed by atoms with van der Waals surface area (Å²) in [6.07, 6.45) is 1.17. The number of benzene rings is 1. The Balaban J connectivity index is 1.95. The van der Waals surface area contributed by atoms with Crippen molar-refractivity contribution in [1.29, 1.82) is 0 Å². The van der Waals surface area contributed by atoms with Crippen molar-refractivity contribution in [2.45, 2.75) is 56.7 Å². The molecular formula is C22H36GeO2SSi. The Labute approximate surface area is 173 Å². The van der Waals surface area contributed by atoms with Gasteiger partial charge in [0.1, 0.15) is 0 Å². The monoisotopic (exact) mass is 466 g/mol. The molecule has 150 valence electrons. The molecule has 0 aliphatic carbocycles. The second kappa shape index (κ2) is 9.77. The molecule has 0 aliphatic heterocycles. The predicted molar refractivity (Wildman–Crippen MR) is 126 cm³/mol. The molecule has 1 aromatic heterocycles. The molecule has 27 heavy (non-hydrogen) atoms. The fourth-order valence-corrected chi connectivity index (χ4v) is 14.3. The molecule has 0 N–H and O–H groups in total. The minimum absolute atomic E-state index is 0.618. The summed E-state index contributed by atoms with van der Waals surface area (Å²) in [6.45, 7) is 13.7. The van der Waals surface area contributed by atoms with Crippen LogP contribution in [0.5, 0.6) is 5.75 Å². The summed E-state index contributed by atoms with van der Waals surface area (Å²) in [5, 5.41) is 1.34. The fourth-order valence-electron chi connectivity index (χ4n) is 3.26. The van der Waals surface area contributed by atoms with E-state index in [1.165, 1.54) is 17.2 Å². The van der Waals surface area contributed by atoms with Crippen molar-refractivity contribution in [2.75, 3.05) is 19.8 Å². The zero-order valence-electron chi connectivity index (χ0n) is 18.1. The van der Waals surface area contributed by atoms with Crippen molar-refractivity contribution in [2.24, 2.45) is 0 Å². The van der Waals surface area contributed by atoms with E-state index in [1.807, 2.05) is 6.92 Å². The molecule has 0 aliphatic rings. The minimum atomic E-state index is -1.97. The van der Waals surface area contributed by atoms with Crippen molar-refractivity contribution in [3.63, 3.8) is 0 Å². The molecule has 0 bridgehead atoms. The summed E-state index contributed by atoms with van der Waals surface area (Å²) in [5.74, 6) is 6.09. The van der Waals surface area contributed by atoms with E-state index in [-0.39, 0.29) is 0 Å². The van der Waals surface area contributed by atoms with Gasteiger partial charge in [-0.3, -0.25) is 0 Å². The average molecular weight is 465 g/mol. The molecule has 0 fully saturated rings. The number of hydrogen-bond donors (Lipinski definition) is 0. The third-order valence-corrected chi connectivity index (χ3v) is 19.5. The molecule has 2 nitrogen and oxygen atoms in total. The third-order valence-electron chi connectivity index (χ3n) is 4.93. The zero-order chi connectivity index (χ0) is 20.1. The van der Waals surface area contributed by atoms with Crippen molar-refractivity contribution >= 4 is 40.9 Å². The maximum atomic E-state index is 5.72. The van der Waals surface area contributed by atoms with Crippen LogP contribution in [-0.4, -0.2) is 41.2 Å². The summed E-state index contributed by atoms with van der Waals surface area (Å²) < 4.78 is 14.5. The summed E-state index contributed by atoms with van der Waals surface area (Å²) in [4.78, 5) is 0. The molecule has 0 saturated heterocycles. The SMILES string of the molecule is CCOCCOc1ccc(C[CH2][Ge]([CH3])([CH3])[c]2cc(C)c([Si](C)(C)C)s2)cc1. The van der Waals surface area contributed by atoms with Gasteiger partial charge < -0.3 is 0 Å². The van der Waals surface area contributed by atoms with Gasteiger partial charge in [-0.1, -0.05) is 0 Å². The van der Waals surface area contributed by atoms with Crippen LogP contribution in [0.2, 0.25) is 36.4 Å². The van der Waals surface area contributed by atoms with Gasteiger partial charge in [0, 0.05) is 0 Å².